The maximum absolute atomic E-state index is 0. The van der Waals surface area contributed by atoms with Crippen LogP contribution in [0.3, 0.4) is 0 Å². The van der Waals surface area contributed by atoms with Gasteiger partial charge in [0.25, 0.3) is 0 Å². The Morgan fingerprint density at radius 1 is 0.667 bits per heavy atom. The Kier molecular flexibility index (Phi) is 1030. The average molecular weight is 294 g/mol. The van der Waals surface area contributed by atoms with Crippen LogP contribution < -0.4 is 0 Å². The van der Waals surface area contributed by atoms with Crippen LogP contribution in [0.4, 0.5) is 0 Å². The van der Waals surface area contributed by atoms with Gasteiger partial charge in [-0.3, -0.25) is 0 Å². The van der Waals surface area contributed by atoms with Crippen molar-refractivity contribution in [1.29, 1.82) is 0 Å². The van der Waals surface area contributed by atoms with Crippen molar-refractivity contribution in [2.24, 2.45) is 0 Å². The molecule has 0 rings (SSSR count). The Morgan fingerprint density at radius 3 is 0.667 bits per heavy atom. The van der Waals surface area contributed by atoms with E-state index in [4.69, 9.17) is 0 Å². The molecule has 6 heteroatoms. The van der Waals surface area contributed by atoms with Crippen LogP contribution in [0.15, 0.2) is 0 Å². The summed E-state index contributed by atoms with van der Waals surface area (Å²) in [5.41, 5.74) is 0. The summed E-state index contributed by atoms with van der Waals surface area (Å²) in [6.45, 7) is 0. The molecule has 0 aliphatic rings. The van der Waals surface area contributed by atoms with Crippen LogP contribution in [0.2, 0.25) is 0 Å². The molecule has 0 saturated heterocycles. The molecule has 0 amide bonds. The molecule has 0 aliphatic carbocycles. The number of hydrogen-bond acceptors (Lipinski definition) is 2. The number of thiol groups is 2. The summed E-state index contributed by atoms with van der Waals surface area (Å²) >= 11 is 0. The molecule has 0 fully saturated rings. The van der Waals surface area contributed by atoms with Gasteiger partial charge in [-0.15, -0.1) is 0 Å². The van der Waals surface area contributed by atoms with E-state index in [1.54, 1.807) is 0 Å². The molecule has 2 nitrogen and oxygen atoms in total. The largest absolute Gasteiger partial charge is 2.00 e. The van der Waals surface area contributed by atoms with Crippen LogP contribution in [0.1, 0.15) is 0 Å². The van der Waals surface area contributed by atoms with Crippen molar-refractivity contribution in [1.82, 2.24) is 0 Å². The Bertz CT molecular complexity index is 9.51. The predicted octanol–water partition coefficient (Wildman–Crippen LogP) is -2.19. The Labute approximate surface area is 79.5 Å². The third-order valence-electron chi connectivity index (χ3n) is 0. The molecule has 0 aromatic heterocycles. The molecule has 0 bridgehead atoms. The van der Waals surface area contributed by atoms with Gasteiger partial charge in [-0.1, -0.05) is 0 Å². The van der Waals surface area contributed by atoms with Gasteiger partial charge >= 0.3 is 21.1 Å². The van der Waals surface area contributed by atoms with Gasteiger partial charge in [-0.2, -0.15) is 0 Å². The summed E-state index contributed by atoms with van der Waals surface area (Å²) in [7, 11) is 0. The molecule has 0 aromatic carbocycles. The first-order chi connectivity index (χ1) is 0. The Balaban J connectivity index is 0. The summed E-state index contributed by atoms with van der Waals surface area (Å²) in [5, 5.41) is 0. The molecule has 0 atom stereocenters. The number of rotatable bonds is 0. The van der Waals surface area contributed by atoms with Crippen molar-refractivity contribution in [2.75, 3.05) is 0 Å². The van der Waals surface area contributed by atoms with Crippen molar-refractivity contribution in [2.45, 2.75) is 0 Å². The van der Waals surface area contributed by atoms with Gasteiger partial charge in [0, 0.05) is 21.1 Å². The van der Waals surface area contributed by atoms with Crippen LogP contribution in [0, 0.1) is 0 Å². The van der Waals surface area contributed by atoms with Gasteiger partial charge < -0.3 is 37.9 Å². The maximum Gasteiger partial charge on any atom is 2.00 e. The first-order valence-corrected chi connectivity index (χ1v) is 0. The molecule has 0 spiro atoms. The van der Waals surface area contributed by atoms with Crippen LogP contribution in [-0.2, 0) is 69.1 Å². The van der Waals surface area contributed by atoms with Crippen molar-refractivity contribution in [3.63, 3.8) is 0 Å². The Morgan fingerprint density at radius 2 is 0.667 bits per heavy atom. The minimum Gasteiger partial charge on any atom is -0.813 e. The van der Waals surface area contributed by atoms with Crippen molar-refractivity contribution >= 4 is 27.0 Å². The first kappa shape index (κ1) is 98.2. The fourth-order valence-corrected chi connectivity index (χ4v) is 0. The summed E-state index contributed by atoms with van der Waals surface area (Å²) in [5.74, 6) is 0. The molecular formula is H6Mo2O2S2. The summed E-state index contributed by atoms with van der Waals surface area (Å²) < 4.78 is 0. The minimum atomic E-state index is 0. The van der Waals surface area contributed by atoms with Crippen molar-refractivity contribution < 1.29 is 53.1 Å². The SMILES string of the molecule is O.O.[Mo+2].[Mo].[SH-].[SH-]. The summed E-state index contributed by atoms with van der Waals surface area (Å²) in [6, 6.07) is 0. The van der Waals surface area contributed by atoms with E-state index in [0.717, 1.165) is 0 Å². The van der Waals surface area contributed by atoms with Gasteiger partial charge in [0.2, 0.25) is 0 Å². The van der Waals surface area contributed by atoms with Gasteiger partial charge in [0.05, 0.1) is 0 Å². The van der Waals surface area contributed by atoms with Crippen LogP contribution >= 0.6 is 0 Å². The van der Waals surface area contributed by atoms with Gasteiger partial charge in [0.15, 0.2) is 0 Å². The topological polar surface area (TPSA) is 63.0 Å². The summed E-state index contributed by atoms with van der Waals surface area (Å²) in [4.78, 5) is 0. The standard InChI is InChI=1S/2Mo.2H2O.2H2S/h;;4*1H2/q;+2;;;;/p-2. The smallest absolute Gasteiger partial charge is 0.813 e. The molecule has 0 heterocycles. The van der Waals surface area contributed by atoms with Crippen molar-refractivity contribution in [3.8, 4) is 0 Å². The molecule has 0 unspecified atom stereocenters. The second-order valence-electron chi connectivity index (χ2n) is 0. The molecule has 0 radical (unpaired) electrons. The van der Waals surface area contributed by atoms with Gasteiger partial charge in [0.1, 0.15) is 0 Å². The third-order valence-corrected chi connectivity index (χ3v) is 0. The molecular weight excluding hydrogens is 288 g/mol. The van der Waals surface area contributed by atoms with Crippen LogP contribution in [-0.4, -0.2) is 11.0 Å². The van der Waals surface area contributed by atoms with Crippen LogP contribution in [0.5, 0.6) is 0 Å². The first-order valence-electron chi connectivity index (χ1n) is 0. The normalized spacial score (nSPS) is 0. The third kappa shape index (κ3) is 37.6. The predicted molar refractivity (Wildman–Crippen MR) is 24.7 cm³/mol. The molecule has 0 aliphatic heterocycles. The van der Waals surface area contributed by atoms with Crippen LogP contribution in [0.25, 0.3) is 0 Å². The van der Waals surface area contributed by atoms with Crippen molar-refractivity contribution in [3.05, 3.63) is 0 Å². The van der Waals surface area contributed by atoms with E-state index in [9.17, 15) is 0 Å². The Hall–Kier alpha value is 2.00. The zero-order valence-corrected chi connectivity index (χ0v) is 8.51. The monoisotopic (exact) mass is 298 g/mol. The summed E-state index contributed by atoms with van der Waals surface area (Å²) in [6.07, 6.45) is 0. The molecule has 4 N–H and O–H groups in total. The average Bonchev–Trinajstić information content (AvgIpc) is 0. The zero-order chi connectivity index (χ0) is 0. The van der Waals surface area contributed by atoms with E-state index in [1.165, 1.54) is 0 Å². The van der Waals surface area contributed by atoms with E-state index in [0.29, 0.717) is 0 Å². The number of hydrogen-bond donors (Lipinski definition) is 0. The second kappa shape index (κ2) is 63.1. The zero-order valence-electron chi connectivity index (χ0n) is 2.71. The van der Waals surface area contributed by atoms with E-state index in [-0.39, 0.29) is 80.1 Å². The van der Waals surface area contributed by atoms with Gasteiger partial charge in [-0.05, 0) is 0 Å². The fraction of sp³-hybridized carbons (Fsp3) is 0. The van der Waals surface area contributed by atoms with Gasteiger partial charge in [-0.25, -0.2) is 0 Å². The molecule has 6 heavy (non-hydrogen) atoms. The van der Waals surface area contributed by atoms with E-state index in [1.807, 2.05) is 0 Å². The second-order valence-corrected chi connectivity index (χ2v) is 0. The molecule has 0 saturated carbocycles. The molecule has 0 aromatic rings. The minimum absolute atomic E-state index is 0. The quantitative estimate of drug-likeness (QED) is 0.289. The van der Waals surface area contributed by atoms with E-state index < -0.39 is 0 Å². The van der Waals surface area contributed by atoms with E-state index >= 15 is 0 Å². The fourth-order valence-electron chi connectivity index (χ4n) is 0. The maximum atomic E-state index is 0. The van der Waals surface area contributed by atoms with E-state index in [2.05, 4.69) is 0 Å². The molecule has 42 valence electrons.